The van der Waals surface area contributed by atoms with Crippen LogP contribution in [-0.2, 0) is 11.2 Å². The third-order valence-electron chi connectivity index (χ3n) is 7.23. The molecule has 4 heterocycles. The first kappa shape index (κ1) is 22.3. The van der Waals surface area contributed by atoms with Gasteiger partial charge >= 0.3 is 6.09 Å². The molecule has 31 heavy (non-hydrogen) atoms. The molecule has 1 atom stereocenters. The quantitative estimate of drug-likeness (QED) is 0.312. The Morgan fingerprint density at radius 3 is 2.61 bits per heavy atom. The van der Waals surface area contributed by atoms with E-state index >= 15 is 0 Å². The molecule has 4 nitrogen and oxygen atoms in total. The monoisotopic (exact) mass is 441 g/mol. The van der Waals surface area contributed by atoms with E-state index in [9.17, 15) is 4.79 Å². The number of rotatable bonds is 10. The largest absolute Gasteiger partial charge is 0.418 e. The number of quaternary nitrogens is 1. The lowest BCUT2D eigenvalue weighted by Gasteiger charge is -2.53. The van der Waals surface area contributed by atoms with E-state index in [0.29, 0.717) is 0 Å². The van der Waals surface area contributed by atoms with E-state index in [1.165, 1.54) is 17.7 Å². The molecule has 168 valence electrons. The molecule has 2 aromatic rings. The maximum absolute atomic E-state index is 13.4. The van der Waals surface area contributed by atoms with Crippen LogP contribution in [0.5, 0.6) is 0 Å². The molecule has 1 unspecified atom stereocenters. The molecule has 5 heteroatoms. The second-order valence-electron chi connectivity index (χ2n) is 9.28. The molecule has 2 bridgehead atoms. The van der Waals surface area contributed by atoms with Gasteiger partial charge in [0.05, 0.1) is 19.6 Å². The molecule has 0 N–H and O–H groups in total. The first-order valence-corrected chi connectivity index (χ1v) is 13.0. The van der Waals surface area contributed by atoms with Crippen molar-refractivity contribution in [1.29, 1.82) is 0 Å². The average molecular weight is 442 g/mol. The third kappa shape index (κ3) is 5.50. The highest BCUT2D eigenvalue weighted by Gasteiger charge is 2.49. The van der Waals surface area contributed by atoms with E-state index in [1.807, 2.05) is 46.6 Å². The van der Waals surface area contributed by atoms with Gasteiger partial charge in [0.1, 0.15) is 0 Å². The molecule has 1 aromatic heterocycles. The van der Waals surface area contributed by atoms with Gasteiger partial charge in [0, 0.05) is 42.8 Å². The van der Waals surface area contributed by atoms with Crippen LogP contribution in [0.2, 0.25) is 0 Å². The van der Waals surface area contributed by atoms with Crippen molar-refractivity contribution in [1.82, 2.24) is 0 Å². The van der Waals surface area contributed by atoms with Gasteiger partial charge in [-0.15, -0.1) is 11.3 Å². The van der Waals surface area contributed by atoms with Crippen molar-refractivity contribution < 1.29 is 14.0 Å². The number of ether oxygens (including phenoxy) is 1. The van der Waals surface area contributed by atoms with E-state index in [2.05, 4.69) is 24.4 Å². The molecule has 0 spiro atoms. The molecular formula is C26H37N2O2S+. The molecule has 3 aliphatic rings. The van der Waals surface area contributed by atoms with Crippen molar-refractivity contribution in [2.75, 3.05) is 31.1 Å². The van der Waals surface area contributed by atoms with Gasteiger partial charge in [0.2, 0.25) is 6.23 Å². The summed E-state index contributed by atoms with van der Waals surface area (Å²) >= 11 is 1.85. The molecule has 0 saturated carbocycles. The summed E-state index contributed by atoms with van der Waals surface area (Å²) in [6, 6.07) is 14.4. The number of fused-ring (bicyclic) bond motifs is 3. The highest BCUT2D eigenvalue weighted by Crippen LogP contribution is 2.39. The highest BCUT2D eigenvalue weighted by molar-refractivity contribution is 7.09. The van der Waals surface area contributed by atoms with Crippen LogP contribution in [0.15, 0.2) is 47.8 Å². The zero-order chi connectivity index (χ0) is 21.5. The van der Waals surface area contributed by atoms with Gasteiger partial charge in [-0.3, -0.25) is 9.38 Å². The van der Waals surface area contributed by atoms with Gasteiger partial charge in [-0.25, -0.2) is 4.79 Å². The summed E-state index contributed by atoms with van der Waals surface area (Å²) in [6.07, 6.45) is 9.04. The number of carbonyl (C=O) groups is 1. The SMILES string of the molecule is CCCCCN(C(=O)OC1CC2CC[N+]1(CCCc1cccs1)CC2)c1ccccc1. The molecule has 5 rings (SSSR count). The Kier molecular flexibility index (Phi) is 7.67. The summed E-state index contributed by atoms with van der Waals surface area (Å²) in [4.78, 5) is 16.7. The number of thiophene rings is 1. The summed E-state index contributed by atoms with van der Waals surface area (Å²) in [6.45, 7) is 6.36. The molecule has 0 aliphatic carbocycles. The van der Waals surface area contributed by atoms with E-state index in [-0.39, 0.29) is 12.3 Å². The molecule has 1 amide bonds. The Labute approximate surface area is 191 Å². The Bertz CT molecular complexity index is 800. The van der Waals surface area contributed by atoms with Crippen LogP contribution in [0.4, 0.5) is 10.5 Å². The lowest BCUT2D eigenvalue weighted by molar-refractivity contribution is -0.984. The number of amides is 1. The predicted octanol–water partition coefficient (Wildman–Crippen LogP) is 6.47. The second-order valence-corrected chi connectivity index (χ2v) is 10.3. The van der Waals surface area contributed by atoms with Gasteiger partial charge in [-0.2, -0.15) is 0 Å². The second kappa shape index (κ2) is 10.6. The average Bonchev–Trinajstić information content (AvgIpc) is 3.32. The van der Waals surface area contributed by atoms with Crippen LogP contribution in [-0.4, -0.2) is 43.0 Å². The van der Waals surface area contributed by atoms with Crippen molar-refractivity contribution in [2.24, 2.45) is 5.92 Å². The van der Waals surface area contributed by atoms with Crippen LogP contribution in [0, 0.1) is 5.92 Å². The Balaban J connectivity index is 1.43. The minimum atomic E-state index is -0.157. The van der Waals surface area contributed by atoms with Crippen LogP contribution in [0.3, 0.4) is 0 Å². The number of carbonyl (C=O) groups excluding carboxylic acids is 1. The number of piperidine rings is 3. The van der Waals surface area contributed by atoms with Gasteiger partial charge in [0.15, 0.2) is 0 Å². The topological polar surface area (TPSA) is 29.5 Å². The number of benzene rings is 1. The van der Waals surface area contributed by atoms with E-state index in [0.717, 1.165) is 80.8 Å². The summed E-state index contributed by atoms with van der Waals surface area (Å²) in [5.41, 5.74) is 0.948. The maximum atomic E-state index is 13.4. The third-order valence-corrected chi connectivity index (χ3v) is 8.16. The lowest BCUT2D eigenvalue weighted by Crippen LogP contribution is -2.66. The summed E-state index contributed by atoms with van der Waals surface area (Å²) in [5, 5.41) is 2.16. The van der Waals surface area contributed by atoms with Crippen molar-refractivity contribution >= 4 is 23.1 Å². The van der Waals surface area contributed by atoms with Gasteiger partial charge in [-0.1, -0.05) is 44.0 Å². The Morgan fingerprint density at radius 1 is 1.10 bits per heavy atom. The van der Waals surface area contributed by atoms with Crippen molar-refractivity contribution in [3.05, 3.63) is 52.7 Å². The predicted molar refractivity (Wildman–Crippen MR) is 128 cm³/mol. The van der Waals surface area contributed by atoms with Crippen LogP contribution < -0.4 is 4.90 Å². The summed E-state index contributed by atoms with van der Waals surface area (Å²) in [7, 11) is 0. The molecule has 3 fully saturated rings. The molecule has 0 radical (unpaired) electrons. The zero-order valence-corrected chi connectivity index (χ0v) is 19.7. The zero-order valence-electron chi connectivity index (χ0n) is 18.9. The van der Waals surface area contributed by atoms with Gasteiger partial charge < -0.3 is 4.74 Å². The van der Waals surface area contributed by atoms with Crippen LogP contribution >= 0.6 is 11.3 Å². The molecule has 3 saturated heterocycles. The van der Waals surface area contributed by atoms with Crippen LogP contribution in [0.25, 0.3) is 0 Å². The fourth-order valence-electron chi connectivity index (χ4n) is 5.35. The van der Waals surface area contributed by atoms with Crippen molar-refractivity contribution in [3.8, 4) is 0 Å². The van der Waals surface area contributed by atoms with E-state index < -0.39 is 0 Å². The normalized spacial score (nSPS) is 24.8. The first-order valence-electron chi connectivity index (χ1n) is 12.1. The number of anilines is 1. The number of nitrogens with zero attached hydrogens (tertiary/aromatic N) is 2. The highest BCUT2D eigenvalue weighted by atomic mass is 32.1. The lowest BCUT2D eigenvalue weighted by atomic mass is 9.84. The molecule has 1 aromatic carbocycles. The van der Waals surface area contributed by atoms with Crippen LogP contribution in [0.1, 0.15) is 56.7 Å². The Hall–Kier alpha value is -1.85. The smallest absolute Gasteiger partial charge is 0.396 e. The standard InChI is InChI=1S/C26H37N2O2S/c1-2-3-7-16-27(23-10-5-4-6-11-23)26(29)30-25-21-22-14-18-28(25,19-15-22)17-8-12-24-13-9-20-31-24/h4-6,9-11,13,20,22,25H,2-3,7-8,12,14-19,21H2,1H3/q+1. The number of para-hydroxylation sites is 1. The fraction of sp³-hybridized carbons (Fsp3) is 0.577. The number of unbranched alkanes of at least 4 members (excludes halogenated alkanes) is 2. The maximum Gasteiger partial charge on any atom is 0.418 e. The van der Waals surface area contributed by atoms with E-state index in [4.69, 9.17) is 4.74 Å². The number of hydrogen-bond acceptors (Lipinski definition) is 3. The Morgan fingerprint density at radius 2 is 1.90 bits per heavy atom. The van der Waals surface area contributed by atoms with Crippen molar-refractivity contribution in [2.45, 2.75) is 64.5 Å². The van der Waals surface area contributed by atoms with Gasteiger partial charge in [0.25, 0.3) is 0 Å². The first-order chi connectivity index (χ1) is 15.2. The van der Waals surface area contributed by atoms with E-state index in [1.54, 1.807) is 0 Å². The summed E-state index contributed by atoms with van der Waals surface area (Å²) < 4.78 is 7.30. The minimum absolute atomic E-state index is 0.0146. The fourth-order valence-corrected chi connectivity index (χ4v) is 6.10. The number of aryl methyl sites for hydroxylation is 1. The number of hydrogen-bond donors (Lipinski definition) is 0. The minimum Gasteiger partial charge on any atom is -0.396 e. The summed E-state index contributed by atoms with van der Waals surface area (Å²) in [5.74, 6) is 0.723. The molecule has 3 aliphatic heterocycles. The molecular weight excluding hydrogens is 404 g/mol. The van der Waals surface area contributed by atoms with Gasteiger partial charge in [-0.05, 0) is 42.3 Å². The van der Waals surface area contributed by atoms with Crippen molar-refractivity contribution in [3.63, 3.8) is 0 Å².